The van der Waals surface area contributed by atoms with Crippen molar-refractivity contribution in [3.63, 3.8) is 0 Å². The molecule has 6 heteroatoms. The third-order valence-corrected chi connectivity index (χ3v) is 7.31. The second-order valence-electron chi connectivity index (χ2n) is 8.48. The Morgan fingerprint density at radius 3 is 2.80 bits per heavy atom. The Morgan fingerprint density at radius 1 is 1.23 bits per heavy atom. The van der Waals surface area contributed by atoms with Crippen molar-refractivity contribution in [2.45, 2.75) is 87.7 Å². The van der Waals surface area contributed by atoms with Crippen molar-refractivity contribution < 1.29 is 4.79 Å². The maximum atomic E-state index is 13.2. The summed E-state index contributed by atoms with van der Waals surface area (Å²) in [6, 6.07) is 7.79. The molecule has 4 rings (SSSR count). The van der Waals surface area contributed by atoms with Crippen molar-refractivity contribution in [2.75, 3.05) is 0 Å². The van der Waals surface area contributed by atoms with Crippen LogP contribution in [0.15, 0.2) is 45.9 Å². The molecule has 0 aliphatic heterocycles. The number of allylic oxidation sites excluding steroid dienone is 2. The van der Waals surface area contributed by atoms with E-state index >= 15 is 0 Å². The number of para-hydroxylation sites is 1. The molecule has 0 bridgehead atoms. The molecule has 30 heavy (non-hydrogen) atoms. The molecule has 1 atom stereocenters. The van der Waals surface area contributed by atoms with Crippen molar-refractivity contribution in [1.82, 2.24) is 14.9 Å². The van der Waals surface area contributed by atoms with Gasteiger partial charge in [0.1, 0.15) is 0 Å². The number of fused-ring (bicyclic) bond motifs is 1. The fourth-order valence-electron chi connectivity index (χ4n) is 4.42. The largest absolute Gasteiger partial charge is 0.352 e. The molecule has 1 fully saturated rings. The Morgan fingerprint density at radius 2 is 2.03 bits per heavy atom. The van der Waals surface area contributed by atoms with Gasteiger partial charge in [0.25, 0.3) is 5.56 Å². The van der Waals surface area contributed by atoms with E-state index in [1.54, 1.807) is 4.57 Å². The summed E-state index contributed by atoms with van der Waals surface area (Å²) in [7, 11) is 0. The van der Waals surface area contributed by atoms with Crippen molar-refractivity contribution in [1.29, 1.82) is 0 Å². The van der Waals surface area contributed by atoms with E-state index in [0.29, 0.717) is 28.6 Å². The SMILES string of the molecule is CC(Sc1nc2ccccc2c(=O)n1CCC1=CCCCC1)C(=O)NC1CCCC1. The van der Waals surface area contributed by atoms with E-state index < -0.39 is 0 Å². The van der Waals surface area contributed by atoms with Gasteiger partial charge in [0.05, 0.1) is 16.2 Å². The quantitative estimate of drug-likeness (QED) is 0.392. The van der Waals surface area contributed by atoms with E-state index in [-0.39, 0.29) is 16.7 Å². The topological polar surface area (TPSA) is 64.0 Å². The van der Waals surface area contributed by atoms with Crippen molar-refractivity contribution >= 4 is 28.6 Å². The minimum absolute atomic E-state index is 0.0112. The first kappa shape index (κ1) is 21.2. The van der Waals surface area contributed by atoms with Gasteiger partial charge in [-0.3, -0.25) is 14.2 Å². The standard InChI is InChI=1S/C24H31N3O2S/c1-17(22(28)25-19-11-5-6-12-19)30-24-26-21-14-8-7-13-20(21)23(29)27(24)16-15-18-9-3-2-4-10-18/h7-9,13-14,17,19H,2-6,10-12,15-16H2,1H3,(H,25,28). The van der Waals surface area contributed by atoms with Gasteiger partial charge >= 0.3 is 0 Å². The van der Waals surface area contributed by atoms with E-state index in [1.165, 1.54) is 43.0 Å². The number of benzene rings is 1. The number of hydrogen-bond acceptors (Lipinski definition) is 4. The van der Waals surface area contributed by atoms with Gasteiger partial charge in [-0.2, -0.15) is 0 Å². The summed E-state index contributed by atoms with van der Waals surface area (Å²) in [6.45, 7) is 2.52. The number of carbonyl (C=O) groups is 1. The van der Waals surface area contributed by atoms with E-state index in [4.69, 9.17) is 4.98 Å². The van der Waals surface area contributed by atoms with Crippen LogP contribution in [-0.2, 0) is 11.3 Å². The van der Waals surface area contributed by atoms with Crippen LogP contribution in [0, 0.1) is 0 Å². The van der Waals surface area contributed by atoms with Gasteiger partial charge in [-0.25, -0.2) is 4.98 Å². The van der Waals surface area contributed by atoms with Gasteiger partial charge in [0.15, 0.2) is 5.16 Å². The first-order valence-electron chi connectivity index (χ1n) is 11.3. The minimum atomic E-state index is -0.293. The summed E-state index contributed by atoms with van der Waals surface area (Å²) in [5.74, 6) is 0.0378. The summed E-state index contributed by atoms with van der Waals surface area (Å²) >= 11 is 1.40. The van der Waals surface area contributed by atoms with Gasteiger partial charge in [-0.15, -0.1) is 0 Å². The Hall–Kier alpha value is -2.08. The summed E-state index contributed by atoms with van der Waals surface area (Å²) in [6.07, 6.45) is 12.5. The van der Waals surface area contributed by atoms with Gasteiger partial charge < -0.3 is 5.32 Å². The zero-order valence-electron chi connectivity index (χ0n) is 17.7. The van der Waals surface area contributed by atoms with E-state index in [1.807, 2.05) is 31.2 Å². The summed E-state index contributed by atoms with van der Waals surface area (Å²) in [5.41, 5.74) is 2.12. The fraction of sp³-hybridized carbons (Fsp3) is 0.542. The zero-order valence-corrected chi connectivity index (χ0v) is 18.5. The van der Waals surface area contributed by atoms with Gasteiger partial charge in [0.2, 0.25) is 5.91 Å². The number of carbonyl (C=O) groups excluding carboxylic acids is 1. The maximum absolute atomic E-state index is 13.2. The highest BCUT2D eigenvalue weighted by Gasteiger charge is 2.23. The summed E-state index contributed by atoms with van der Waals surface area (Å²) in [4.78, 5) is 30.7. The number of aromatic nitrogens is 2. The monoisotopic (exact) mass is 425 g/mol. The van der Waals surface area contributed by atoms with Crippen molar-refractivity contribution in [3.05, 3.63) is 46.3 Å². The smallest absolute Gasteiger partial charge is 0.262 e. The second-order valence-corrected chi connectivity index (χ2v) is 9.78. The molecule has 1 heterocycles. The first-order chi connectivity index (χ1) is 14.6. The van der Waals surface area contributed by atoms with Crippen LogP contribution in [-0.4, -0.2) is 26.8 Å². The van der Waals surface area contributed by atoms with Crippen LogP contribution in [0.4, 0.5) is 0 Å². The van der Waals surface area contributed by atoms with Crippen LogP contribution in [0.1, 0.15) is 64.7 Å². The molecule has 1 N–H and O–H groups in total. The zero-order chi connectivity index (χ0) is 20.9. The highest BCUT2D eigenvalue weighted by Crippen LogP contribution is 2.26. The van der Waals surface area contributed by atoms with Crippen LogP contribution in [0.25, 0.3) is 10.9 Å². The number of nitrogens with one attached hydrogen (secondary N) is 1. The van der Waals surface area contributed by atoms with Gasteiger partial charge in [-0.1, -0.05) is 48.4 Å². The van der Waals surface area contributed by atoms with Crippen LogP contribution in [0.2, 0.25) is 0 Å². The molecule has 0 saturated heterocycles. The number of rotatable bonds is 7. The lowest BCUT2D eigenvalue weighted by Crippen LogP contribution is -2.38. The highest BCUT2D eigenvalue weighted by atomic mass is 32.2. The normalized spacial score (nSPS) is 18.4. The molecule has 1 unspecified atom stereocenters. The van der Waals surface area contributed by atoms with Crippen LogP contribution in [0.3, 0.4) is 0 Å². The molecule has 1 saturated carbocycles. The highest BCUT2D eigenvalue weighted by molar-refractivity contribution is 8.00. The first-order valence-corrected chi connectivity index (χ1v) is 12.1. The predicted molar refractivity (Wildman–Crippen MR) is 123 cm³/mol. The molecule has 0 radical (unpaired) electrons. The predicted octanol–water partition coefficient (Wildman–Crippen LogP) is 4.83. The maximum Gasteiger partial charge on any atom is 0.262 e. The molecule has 1 aromatic carbocycles. The fourth-order valence-corrected chi connectivity index (χ4v) is 5.37. The average molecular weight is 426 g/mol. The summed E-state index contributed by atoms with van der Waals surface area (Å²) in [5, 5.41) is 4.16. The Kier molecular flexibility index (Phi) is 6.93. The third-order valence-electron chi connectivity index (χ3n) is 6.22. The second kappa shape index (κ2) is 9.82. The van der Waals surface area contributed by atoms with Gasteiger partial charge in [-0.05, 0) is 64.0 Å². The van der Waals surface area contributed by atoms with E-state index in [2.05, 4.69) is 11.4 Å². The molecular formula is C24H31N3O2S. The lowest BCUT2D eigenvalue weighted by Gasteiger charge is -2.19. The average Bonchev–Trinajstić information content (AvgIpc) is 3.27. The minimum Gasteiger partial charge on any atom is -0.352 e. The van der Waals surface area contributed by atoms with Crippen LogP contribution in [0.5, 0.6) is 0 Å². The Balaban J connectivity index is 1.57. The summed E-state index contributed by atoms with van der Waals surface area (Å²) < 4.78 is 1.78. The molecule has 0 spiro atoms. The number of hydrogen-bond donors (Lipinski definition) is 1. The Labute approximate surface area is 182 Å². The lowest BCUT2D eigenvalue weighted by atomic mass is 9.97. The van der Waals surface area contributed by atoms with E-state index in [0.717, 1.165) is 32.1 Å². The molecule has 1 aromatic heterocycles. The lowest BCUT2D eigenvalue weighted by molar-refractivity contribution is -0.120. The third kappa shape index (κ3) is 4.97. The molecule has 5 nitrogen and oxygen atoms in total. The van der Waals surface area contributed by atoms with E-state index in [9.17, 15) is 9.59 Å². The van der Waals surface area contributed by atoms with Crippen LogP contribution < -0.4 is 10.9 Å². The molecule has 2 aromatic rings. The van der Waals surface area contributed by atoms with Gasteiger partial charge in [0, 0.05) is 12.6 Å². The molecule has 2 aliphatic rings. The van der Waals surface area contributed by atoms with Crippen molar-refractivity contribution in [3.8, 4) is 0 Å². The number of thioether (sulfide) groups is 1. The Bertz CT molecular complexity index is 992. The van der Waals surface area contributed by atoms with Crippen molar-refractivity contribution in [2.24, 2.45) is 0 Å². The van der Waals surface area contributed by atoms with Crippen LogP contribution >= 0.6 is 11.8 Å². The molecular weight excluding hydrogens is 394 g/mol. The molecule has 1 amide bonds. The number of amides is 1. The molecule has 2 aliphatic carbocycles. The molecule has 160 valence electrons. The number of nitrogens with zero attached hydrogens (tertiary/aromatic N) is 2.